The molecule has 4 heteroatoms. The number of nitrogens with one attached hydrogen (secondary N) is 2. The molecule has 0 bridgehead atoms. The molecule has 0 aromatic rings. The number of nitrogens with zero attached hydrogens (tertiary/aromatic N) is 1. The van der Waals surface area contributed by atoms with E-state index in [4.69, 9.17) is 5.11 Å². The van der Waals surface area contributed by atoms with Gasteiger partial charge in [-0.2, -0.15) is 0 Å². The second-order valence-electron chi connectivity index (χ2n) is 4.35. The molecule has 0 fully saturated rings. The summed E-state index contributed by atoms with van der Waals surface area (Å²) in [6, 6.07) is 0. The van der Waals surface area contributed by atoms with Crippen LogP contribution in [0.3, 0.4) is 0 Å². The Morgan fingerprint density at radius 2 is 2.29 bits per heavy atom. The lowest BCUT2D eigenvalue weighted by atomic mass is 10.0. The van der Waals surface area contributed by atoms with Gasteiger partial charge in [0.1, 0.15) is 0 Å². The van der Waals surface area contributed by atoms with E-state index in [1.54, 1.807) is 0 Å². The number of aliphatic hydroxyl groups is 1. The number of aliphatic imine (C=N–C) groups is 1. The second-order valence-corrected chi connectivity index (χ2v) is 4.35. The van der Waals surface area contributed by atoms with Crippen LogP contribution in [0.2, 0.25) is 0 Å². The lowest BCUT2D eigenvalue weighted by Crippen LogP contribution is -2.49. The van der Waals surface area contributed by atoms with Crippen LogP contribution in [0.15, 0.2) is 4.99 Å². The van der Waals surface area contributed by atoms with Crippen LogP contribution in [0.25, 0.3) is 0 Å². The van der Waals surface area contributed by atoms with E-state index in [0.717, 1.165) is 31.9 Å². The van der Waals surface area contributed by atoms with Crippen molar-refractivity contribution in [1.29, 1.82) is 0 Å². The van der Waals surface area contributed by atoms with E-state index in [1.165, 1.54) is 6.42 Å². The summed E-state index contributed by atoms with van der Waals surface area (Å²) in [5.74, 6) is 0.876. The molecule has 0 unspecified atom stereocenters. The first-order chi connectivity index (χ1) is 6.64. The summed E-state index contributed by atoms with van der Waals surface area (Å²) < 4.78 is 0. The molecule has 0 aromatic heterocycles. The smallest absolute Gasteiger partial charge is 0.191 e. The van der Waals surface area contributed by atoms with E-state index < -0.39 is 0 Å². The van der Waals surface area contributed by atoms with Crippen LogP contribution in [-0.4, -0.2) is 36.3 Å². The van der Waals surface area contributed by atoms with Crippen molar-refractivity contribution >= 4 is 5.96 Å². The molecule has 1 aliphatic rings. The molecule has 0 spiro atoms. The summed E-state index contributed by atoms with van der Waals surface area (Å²) in [4.78, 5) is 4.40. The Morgan fingerprint density at radius 3 is 3.00 bits per heavy atom. The van der Waals surface area contributed by atoms with E-state index in [-0.39, 0.29) is 12.1 Å². The van der Waals surface area contributed by atoms with Gasteiger partial charge in [-0.25, -0.2) is 0 Å². The van der Waals surface area contributed by atoms with Crippen LogP contribution >= 0.6 is 0 Å². The van der Waals surface area contributed by atoms with Crippen LogP contribution in [0.4, 0.5) is 0 Å². The normalized spacial score (nSPS) is 18.1. The van der Waals surface area contributed by atoms with Crippen molar-refractivity contribution in [2.75, 3.05) is 19.7 Å². The van der Waals surface area contributed by atoms with Gasteiger partial charge in [-0.1, -0.05) is 0 Å². The van der Waals surface area contributed by atoms with Crippen molar-refractivity contribution in [1.82, 2.24) is 10.6 Å². The van der Waals surface area contributed by atoms with Gasteiger partial charge in [0.15, 0.2) is 5.96 Å². The standard InChI is InChI=1S/C10H21N3O/c1-10(2,5-8-14)13-9-11-6-3-4-7-12-9/h14H,3-8H2,1-2H3,(H2,11,12,13). The van der Waals surface area contributed by atoms with Gasteiger partial charge in [0.2, 0.25) is 0 Å². The molecule has 1 aliphatic heterocycles. The summed E-state index contributed by atoms with van der Waals surface area (Å²) in [5, 5.41) is 15.5. The van der Waals surface area contributed by atoms with Gasteiger partial charge in [-0.05, 0) is 33.1 Å². The van der Waals surface area contributed by atoms with E-state index >= 15 is 0 Å². The van der Waals surface area contributed by atoms with Crippen molar-refractivity contribution in [3.63, 3.8) is 0 Å². The molecule has 0 saturated carbocycles. The van der Waals surface area contributed by atoms with Crippen molar-refractivity contribution in [2.24, 2.45) is 4.99 Å². The number of aliphatic hydroxyl groups excluding tert-OH is 1. The fourth-order valence-corrected chi connectivity index (χ4v) is 1.44. The minimum Gasteiger partial charge on any atom is -0.396 e. The fraction of sp³-hybridized carbons (Fsp3) is 0.900. The van der Waals surface area contributed by atoms with Crippen LogP contribution in [0.1, 0.15) is 33.1 Å². The maximum Gasteiger partial charge on any atom is 0.191 e. The molecule has 1 heterocycles. The Bertz CT molecular complexity index is 202. The Morgan fingerprint density at radius 1 is 1.50 bits per heavy atom. The molecule has 14 heavy (non-hydrogen) atoms. The summed E-state index contributed by atoms with van der Waals surface area (Å²) in [6.07, 6.45) is 3.06. The zero-order chi connectivity index (χ0) is 10.4. The Kier molecular flexibility index (Phi) is 4.20. The van der Waals surface area contributed by atoms with Crippen LogP contribution in [0.5, 0.6) is 0 Å². The third-order valence-electron chi connectivity index (χ3n) is 2.34. The van der Waals surface area contributed by atoms with Crippen molar-refractivity contribution in [3.05, 3.63) is 0 Å². The van der Waals surface area contributed by atoms with Gasteiger partial charge in [0.05, 0.1) is 0 Å². The van der Waals surface area contributed by atoms with E-state index in [1.807, 2.05) is 0 Å². The zero-order valence-corrected chi connectivity index (χ0v) is 9.14. The molecule has 4 nitrogen and oxygen atoms in total. The van der Waals surface area contributed by atoms with E-state index in [9.17, 15) is 0 Å². The third kappa shape index (κ3) is 3.96. The molecule has 0 saturated heterocycles. The van der Waals surface area contributed by atoms with Gasteiger partial charge in [0.25, 0.3) is 0 Å². The minimum atomic E-state index is -0.0923. The Balaban J connectivity index is 2.44. The topological polar surface area (TPSA) is 56.6 Å². The molecule has 3 N–H and O–H groups in total. The summed E-state index contributed by atoms with van der Waals surface area (Å²) >= 11 is 0. The zero-order valence-electron chi connectivity index (χ0n) is 9.14. The maximum absolute atomic E-state index is 8.89. The van der Waals surface area contributed by atoms with Crippen LogP contribution in [-0.2, 0) is 0 Å². The van der Waals surface area contributed by atoms with Gasteiger partial charge >= 0.3 is 0 Å². The highest BCUT2D eigenvalue weighted by molar-refractivity contribution is 5.80. The summed E-state index contributed by atoms with van der Waals surface area (Å²) in [6.45, 7) is 6.22. The van der Waals surface area contributed by atoms with Gasteiger partial charge in [0, 0.05) is 25.2 Å². The largest absolute Gasteiger partial charge is 0.396 e. The molecular weight excluding hydrogens is 178 g/mol. The molecule has 0 aromatic carbocycles. The van der Waals surface area contributed by atoms with Gasteiger partial charge < -0.3 is 15.7 Å². The lowest BCUT2D eigenvalue weighted by molar-refractivity contribution is 0.243. The van der Waals surface area contributed by atoms with E-state index in [2.05, 4.69) is 29.5 Å². The predicted octanol–water partition coefficient (Wildman–Crippen LogP) is 0.476. The van der Waals surface area contributed by atoms with E-state index in [0.29, 0.717) is 0 Å². The SMILES string of the molecule is CC(C)(CCO)NC1=NCCCCN1. The first-order valence-electron chi connectivity index (χ1n) is 5.31. The number of guanidine groups is 1. The number of hydrogen-bond donors (Lipinski definition) is 3. The van der Waals surface area contributed by atoms with Gasteiger partial charge in [-0.3, -0.25) is 4.99 Å². The predicted molar refractivity (Wildman–Crippen MR) is 58.5 cm³/mol. The Labute approximate surface area is 85.8 Å². The van der Waals surface area contributed by atoms with Crippen molar-refractivity contribution < 1.29 is 5.11 Å². The third-order valence-corrected chi connectivity index (χ3v) is 2.34. The Hall–Kier alpha value is -0.770. The maximum atomic E-state index is 8.89. The molecule has 0 amide bonds. The average molecular weight is 199 g/mol. The highest BCUT2D eigenvalue weighted by Gasteiger charge is 2.18. The molecule has 0 radical (unpaired) electrons. The van der Waals surface area contributed by atoms with Crippen LogP contribution in [0, 0.1) is 0 Å². The first-order valence-corrected chi connectivity index (χ1v) is 5.31. The second kappa shape index (κ2) is 5.20. The quantitative estimate of drug-likeness (QED) is 0.619. The highest BCUT2D eigenvalue weighted by Crippen LogP contribution is 2.07. The minimum absolute atomic E-state index is 0.0923. The highest BCUT2D eigenvalue weighted by atomic mass is 16.3. The lowest BCUT2D eigenvalue weighted by Gasteiger charge is -2.27. The monoisotopic (exact) mass is 199 g/mol. The van der Waals surface area contributed by atoms with Crippen molar-refractivity contribution in [3.8, 4) is 0 Å². The molecule has 1 rings (SSSR count). The average Bonchev–Trinajstić information content (AvgIpc) is 2.31. The summed E-state index contributed by atoms with van der Waals surface area (Å²) in [7, 11) is 0. The molecule has 0 aliphatic carbocycles. The number of rotatable bonds is 3. The number of hydrogen-bond acceptors (Lipinski definition) is 4. The van der Waals surface area contributed by atoms with Crippen LogP contribution < -0.4 is 10.6 Å². The molecule has 0 atom stereocenters. The summed E-state index contributed by atoms with van der Waals surface area (Å²) in [5.41, 5.74) is -0.0923. The first kappa shape index (κ1) is 11.3. The van der Waals surface area contributed by atoms with Gasteiger partial charge in [-0.15, -0.1) is 0 Å². The fourth-order valence-electron chi connectivity index (χ4n) is 1.44. The van der Waals surface area contributed by atoms with Crippen molar-refractivity contribution in [2.45, 2.75) is 38.6 Å². The molecular formula is C10H21N3O. The molecule has 82 valence electrons.